The molecule has 1 amide bonds. The van der Waals surface area contributed by atoms with Gasteiger partial charge in [-0.15, -0.1) is 0 Å². The van der Waals surface area contributed by atoms with Crippen molar-refractivity contribution in [2.24, 2.45) is 0 Å². The van der Waals surface area contributed by atoms with E-state index in [1.165, 1.54) is 0 Å². The average molecular weight is 451 g/mol. The van der Waals surface area contributed by atoms with Crippen LogP contribution in [0.4, 0.5) is 5.82 Å². The first kappa shape index (κ1) is 24.3. The monoisotopic (exact) mass is 450 g/mol. The highest BCUT2D eigenvalue weighted by atomic mass is 16.5. The molecule has 0 saturated heterocycles. The minimum absolute atomic E-state index is 0.134. The van der Waals surface area contributed by atoms with Crippen LogP contribution in [0.5, 0.6) is 11.5 Å². The molecule has 3 aromatic rings. The predicted octanol–water partition coefficient (Wildman–Crippen LogP) is 5.56. The van der Waals surface area contributed by atoms with E-state index in [1.54, 1.807) is 30.6 Å². The van der Waals surface area contributed by atoms with Crippen LogP contribution in [0.25, 0.3) is 0 Å². The molecular formula is C26H34N4O3. The van der Waals surface area contributed by atoms with Crippen LogP contribution in [-0.2, 0) is 17.6 Å². The van der Waals surface area contributed by atoms with Gasteiger partial charge in [-0.3, -0.25) is 9.78 Å². The number of rotatable bonds is 7. The van der Waals surface area contributed by atoms with E-state index < -0.39 is 0 Å². The van der Waals surface area contributed by atoms with Gasteiger partial charge in [0, 0.05) is 35.0 Å². The van der Waals surface area contributed by atoms with Gasteiger partial charge in [-0.2, -0.15) is 5.10 Å². The van der Waals surface area contributed by atoms with E-state index >= 15 is 0 Å². The number of carbonyl (C=O) groups is 1. The number of ether oxygens (including phenoxy) is 2. The molecule has 2 heterocycles. The number of anilines is 1. The summed E-state index contributed by atoms with van der Waals surface area (Å²) in [5, 5.41) is 7.80. The van der Waals surface area contributed by atoms with Gasteiger partial charge < -0.3 is 14.8 Å². The lowest BCUT2D eigenvalue weighted by atomic mass is 9.92. The standard InChI is InChI=1S/C26H34N4O3/c1-8-32-21-14-19(11-12-20(21)33-17-18-10-9-13-27-16-18)24(31)28-23-15-22(25(2,3)4)29-30(23)26(5,6)7/h9-16H,8,17H2,1-7H3,(H,28,31). The van der Waals surface area contributed by atoms with Crippen LogP contribution in [0.15, 0.2) is 48.8 Å². The number of hydrogen-bond donors (Lipinski definition) is 1. The molecule has 3 rings (SSSR count). The highest BCUT2D eigenvalue weighted by molar-refractivity contribution is 6.04. The summed E-state index contributed by atoms with van der Waals surface area (Å²) in [5.74, 6) is 1.52. The first-order valence-corrected chi connectivity index (χ1v) is 11.2. The summed E-state index contributed by atoms with van der Waals surface area (Å²) >= 11 is 0. The minimum Gasteiger partial charge on any atom is -0.490 e. The van der Waals surface area contributed by atoms with Crippen LogP contribution in [0.1, 0.15) is 70.1 Å². The molecule has 0 aliphatic heterocycles. The number of nitrogens with zero attached hydrogens (tertiary/aromatic N) is 3. The molecule has 0 unspecified atom stereocenters. The average Bonchev–Trinajstić information content (AvgIpc) is 3.18. The molecule has 7 nitrogen and oxygen atoms in total. The maximum atomic E-state index is 13.1. The number of nitrogens with one attached hydrogen (secondary N) is 1. The second kappa shape index (κ2) is 9.65. The fraction of sp³-hybridized carbons (Fsp3) is 0.423. The van der Waals surface area contributed by atoms with Crippen LogP contribution in [0.2, 0.25) is 0 Å². The summed E-state index contributed by atoms with van der Waals surface area (Å²) in [6.45, 7) is 15.2. The Morgan fingerprint density at radius 1 is 1.03 bits per heavy atom. The van der Waals surface area contributed by atoms with Crippen LogP contribution in [-0.4, -0.2) is 27.3 Å². The molecule has 0 bridgehead atoms. The molecule has 1 aromatic carbocycles. The molecule has 7 heteroatoms. The largest absolute Gasteiger partial charge is 0.490 e. The number of amides is 1. The number of aromatic nitrogens is 3. The maximum absolute atomic E-state index is 13.1. The fourth-order valence-corrected chi connectivity index (χ4v) is 3.22. The van der Waals surface area contributed by atoms with Gasteiger partial charge in [0.15, 0.2) is 11.5 Å². The molecule has 0 spiro atoms. The van der Waals surface area contributed by atoms with E-state index in [0.29, 0.717) is 36.1 Å². The molecule has 33 heavy (non-hydrogen) atoms. The Labute approximate surface area is 196 Å². The Morgan fingerprint density at radius 2 is 1.79 bits per heavy atom. The van der Waals surface area contributed by atoms with Crippen LogP contribution in [0.3, 0.4) is 0 Å². The number of pyridine rings is 1. The molecule has 0 fully saturated rings. The third-order valence-corrected chi connectivity index (χ3v) is 4.98. The first-order chi connectivity index (χ1) is 15.5. The Balaban J connectivity index is 1.84. The van der Waals surface area contributed by atoms with E-state index in [0.717, 1.165) is 11.3 Å². The van der Waals surface area contributed by atoms with Crippen molar-refractivity contribution in [1.29, 1.82) is 0 Å². The fourth-order valence-electron chi connectivity index (χ4n) is 3.22. The van der Waals surface area contributed by atoms with Gasteiger partial charge in [-0.1, -0.05) is 26.8 Å². The lowest BCUT2D eigenvalue weighted by Crippen LogP contribution is -2.27. The van der Waals surface area contributed by atoms with Crippen molar-refractivity contribution in [3.8, 4) is 11.5 Å². The van der Waals surface area contributed by atoms with Gasteiger partial charge in [0.1, 0.15) is 12.4 Å². The van der Waals surface area contributed by atoms with Crippen molar-refractivity contribution in [2.75, 3.05) is 11.9 Å². The van der Waals surface area contributed by atoms with Gasteiger partial charge in [-0.25, -0.2) is 4.68 Å². The highest BCUT2D eigenvalue weighted by Gasteiger charge is 2.26. The molecule has 0 aliphatic carbocycles. The van der Waals surface area contributed by atoms with Crippen molar-refractivity contribution < 1.29 is 14.3 Å². The van der Waals surface area contributed by atoms with E-state index in [2.05, 4.69) is 51.8 Å². The quantitative estimate of drug-likeness (QED) is 0.510. The van der Waals surface area contributed by atoms with Crippen LogP contribution in [0, 0.1) is 0 Å². The maximum Gasteiger partial charge on any atom is 0.256 e. The summed E-state index contributed by atoms with van der Waals surface area (Å²) in [7, 11) is 0. The van der Waals surface area contributed by atoms with Gasteiger partial charge in [0.05, 0.1) is 17.8 Å². The number of carbonyl (C=O) groups excluding carboxylic acids is 1. The van der Waals surface area contributed by atoms with Crippen molar-refractivity contribution in [3.05, 3.63) is 65.6 Å². The molecular weight excluding hydrogens is 416 g/mol. The molecule has 2 aromatic heterocycles. The SMILES string of the molecule is CCOc1cc(C(=O)Nc2cc(C(C)(C)C)nn2C(C)(C)C)ccc1OCc1cccnc1. The zero-order valence-corrected chi connectivity index (χ0v) is 20.6. The van der Waals surface area contributed by atoms with Crippen molar-refractivity contribution in [1.82, 2.24) is 14.8 Å². The first-order valence-electron chi connectivity index (χ1n) is 11.2. The molecule has 176 valence electrons. The van der Waals surface area contributed by atoms with Gasteiger partial charge in [0.2, 0.25) is 0 Å². The summed E-state index contributed by atoms with van der Waals surface area (Å²) in [6.07, 6.45) is 3.48. The van der Waals surface area contributed by atoms with E-state index in [4.69, 9.17) is 14.6 Å². The Hall–Kier alpha value is -3.35. The summed E-state index contributed by atoms with van der Waals surface area (Å²) in [4.78, 5) is 17.2. The number of hydrogen-bond acceptors (Lipinski definition) is 5. The van der Waals surface area contributed by atoms with E-state index in [1.807, 2.05) is 29.8 Å². The normalized spacial score (nSPS) is 11.8. The van der Waals surface area contributed by atoms with E-state index in [9.17, 15) is 4.79 Å². The summed E-state index contributed by atoms with van der Waals surface area (Å²) in [5.41, 5.74) is 1.93. The Kier molecular flexibility index (Phi) is 7.10. The van der Waals surface area contributed by atoms with Gasteiger partial charge >= 0.3 is 0 Å². The lowest BCUT2D eigenvalue weighted by molar-refractivity contribution is 0.102. The minimum atomic E-state index is -0.285. The molecule has 1 N–H and O–H groups in total. The zero-order valence-electron chi connectivity index (χ0n) is 20.6. The van der Waals surface area contributed by atoms with Gasteiger partial charge in [-0.05, 0) is 52.0 Å². The molecule has 0 aliphatic rings. The lowest BCUT2D eigenvalue weighted by Gasteiger charge is -2.23. The topological polar surface area (TPSA) is 78.3 Å². The second-order valence-corrected chi connectivity index (χ2v) is 9.95. The van der Waals surface area contributed by atoms with Gasteiger partial charge in [0.25, 0.3) is 5.91 Å². The summed E-state index contributed by atoms with van der Waals surface area (Å²) < 4.78 is 13.5. The third-order valence-electron chi connectivity index (χ3n) is 4.98. The predicted molar refractivity (Wildman–Crippen MR) is 130 cm³/mol. The second-order valence-electron chi connectivity index (χ2n) is 9.95. The van der Waals surface area contributed by atoms with Crippen LogP contribution >= 0.6 is 0 Å². The number of benzene rings is 1. The summed E-state index contributed by atoms with van der Waals surface area (Å²) in [6, 6.07) is 11.0. The van der Waals surface area contributed by atoms with Crippen molar-refractivity contribution >= 4 is 11.7 Å². The Morgan fingerprint density at radius 3 is 2.39 bits per heavy atom. The smallest absolute Gasteiger partial charge is 0.256 e. The molecule has 0 saturated carbocycles. The van der Waals surface area contributed by atoms with E-state index in [-0.39, 0.29) is 16.9 Å². The van der Waals surface area contributed by atoms with Crippen LogP contribution < -0.4 is 14.8 Å². The zero-order chi connectivity index (χ0) is 24.2. The van der Waals surface area contributed by atoms with Crippen molar-refractivity contribution in [3.63, 3.8) is 0 Å². The van der Waals surface area contributed by atoms with Crippen molar-refractivity contribution in [2.45, 2.75) is 66.0 Å². The Bertz CT molecular complexity index is 1090. The molecule has 0 atom stereocenters. The molecule has 0 radical (unpaired) electrons. The highest BCUT2D eigenvalue weighted by Crippen LogP contribution is 2.31. The third kappa shape index (κ3) is 6.12.